The molecule has 0 heterocycles. The van der Waals surface area contributed by atoms with E-state index in [2.05, 4.69) is 65.4 Å². The van der Waals surface area contributed by atoms with Gasteiger partial charge in [-0.05, 0) is 117 Å². The Morgan fingerprint density at radius 2 is 0.890 bits per heavy atom. The summed E-state index contributed by atoms with van der Waals surface area (Å²) in [6.07, 6.45) is 7.20. The van der Waals surface area contributed by atoms with Crippen molar-refractivity contribution in [1.29, 1.82) is 0 Å². The zero-order valence-corrected chi connectivity index (χ0v) is 52.1. The van der Waals surface area contributed by atoms with Crippen molar-refractivity contribution >= 4 is 70.9 Å². The van der Waals surface area contributed by atoms with Gasteiger partial charge in [0.15, 0.2) is 0 Å². The Kier molecular flexibility index (Phi) is 34.7. The van der Waals surface area contributed by atoms with E-state index in [9.17, 15) is 57.5 Å². The first-order valence-electron chi connectivity index (χ1n) is 29.1. The van der Waals surface area contributed by atoms with E-state index < -0.39 is 132 Å². The molecular weight excluding hydrogens is 1060 g/mol. The molecule has 0 aromatic carbocycles. The lowest BCUT2D eigenvalue weighted by atomic mass is 9.96. The van der Waals surface area contributed by atoms with Crippen LogP contribution in [0.3, 0.4) is 0 Å². The molecule has 0 spiro atoms. The van der Waals surface area contributed by atoms with E-state index in [1.807, 2.05) is 48.5 Å². The molecule has 6 atom stereocenters. The number of carbonyl (C=O) groups is 12. The predicted molar refractivity (Wildman–Crippen MR) is 311 cm³/mol. The monoisotopic (exact) mass is 1160 g/mol. The average Bonchev–Trinajstić information content (AvgIpc) is 3.37. The van der Waals surface area contributed by atoms with Gasteiger partial charge in [0.2, 0.25) is 65.0 Å². The lowest BCUT2D eigenvalue weighted by Gasteiger charge is -2.31. The van der Waals surface area contributed by atoms with Crippen molar-refractivity contribution in [2.24, 2.45) is 29.4 Å². The summed E-state index contributed by atoms with van der Waals surface area (Å²) >= 11 is 0. The maximum Gasteiger partial charge on any atom is 0.328 e. The van der Waals surface area contributed by atoms with Gasteiger partial charge in [-0.15, -0.1) is 0 Å². The fourth-order valence-electron chi connectivity index (χ4n) is 8.31. The van der Waals surface area contributed by atoms with Crippen molar-refractivity contribution in [2.45, 2.75) is 234 Å². The summed E-state index contributed by atoms with van der Waals surface area (Å²) in [5, 5.41) is 28.6. The molecule has 0 fully saturated rings. The molecule has 0 saturated heterocycles. The fourth-order valence-corrected chi connectivity index (χ4v) is 8.31. The summed E-state index contributed by atoms with van der Waals surface area (Å²) < 4.78 is 4.90. The first-order valence-corrected chi connectivity index (χ1v) is 29.1. The van der Waals surface area contributed by atoms with E-state index in [1.54, 1.807) is 6.92 Å². The normalized spacial score (nSPS) is 13.9. The Labute approximate surface area is 487 Å². The number of hydrogen-bond donors (Lipinski definition) is 12. The summed E-state index contributed by atoms with van der Waals surface area (Å²) in [7, 11) is 1.22. The van der Waals surface area contributed by atoms with E-state index in [4.69, 9.17) is 10.5 Å². The second kappa shape index (κ2) is 37.7. The minimum Gasteiger partial charge on any atom is -0.467 e. The molecular formula is C57H104N12O13. The van der Waals surface area contributed by atoms with Gasteiger partial charge >= 0.3 is 5.97 Å². The molecule has 0 aliphatic heterocycles. The molecule has 0 radical (unpaired) electrons. The SMILES string of the molecule is CCCCCCCC(=O)NC(C)(C)C(=O)NCC(=O)N[C@@H](CC(C)C)C(=O)NC(C)(C)C(=O)NCC(=O)NCC(=O)N[C@@H](CC(C)C)C(=O)NC(C)(C)C(=O)N[C@@H](CCCCN)C(=O)N[C@H](C(=O)N[C@@H](CC(C)C)C(=O)OC)[C@@H](C)CC. The fraction of sp³-hybridized carbons (Fsp3) is 0.789. The molecule has 0 aromatic heterocycles. The van der Waals surface area contributed by atoms with Gasteiger partial charge in [-0.3, -0.25) is 52.7 Å². The third-order valence-electron chi connectivity index (χ3n) is 13.4. The smallest absolute Gasteiger partial charge is 0.328 e. The zero-order valence-electron chi connectivity index (χ0n) is 52.1. The van der Waals surface area contributed by atoms with Gasteiger partial charge in [-0.2, -0.15) is 0 Å². The van der Waals surface area contributed by atoms with Gasteiger partial charge in [0, 0.05) is 6.42 Å². The van der Waals surface area contributed by atoms with Crippen LogP contribution in [0.4, 0.5) is 0 Å². The minimum atomic E-state index is -1.66. The number of esters is 1. The number of unbranched alkanes of at least 4 members (excludes halogenated alkanes) is 5. The van der Waals surface area contributed by atoms with Crippen LogP contribution in [0, 0.1) is 23.7 Å². The van der Waals surface area contributed by atoms with E-state index in [1.165, 1.54) is 48.7 Å². The van der Waals surface area contributed by atoms with Crippen LogP contribution in [0.5, 0.6) is 0 Å². The van der Waals surface area contributed by atoms with Gasteiger partial charge in [-0.25, -0.2) is 4.79 Å². The highest BCUT2D eigenvalue weighted by molar-refractivity contribution is 5.99. The first kappa shape index (κ1) is 75.6. The van der Waals surface area contributed by atoms with E-state index in [0.29, 0.717) is 38.6 Å². The molecule has 0 saturated carbocycles. The Balaban J connectivity index is 5.73. The minimum absolute atomic E-state index is 0.0327. The van der Waals surface area contributed by atoms with Gasteiger partial charge < -0.3 is 69.0 Å². The van der Waals surface area contributed by atoms with E-state index >= 15 is 0 Å². The summed E-state index contributed by atoms with van der Waals surface area (Å²) in [4.78, 5) is 159. The largest absolute Gasteiger partial charge is 0.467 e. The van der Waals surface area contributed by atoms with Crippen LogP contribution in [0.25, 0.3) is 0 Å². The Hall–Kier alpha value is -6.40. The highest BCUT2D eigenvalue weighted by atomic mass is 16.5. The summed E-state index contributed by atoms with van der Waals surface area (Å²) in [6, 6.07) is -5.51. The van der Waals surface area contributed by atoms with Crippen molar-refractivity contribution < 1.29 is 62.3 Å². The number of hydrogen-bond acceptors (Lipinski definition) is 14. The quantitative estimate of drug-likeness (QED) is 0.0304. The van der Waals surface area contributed by atoms with Gasteiger partial charge in [0.25, 0.3) is 0 Å². The molecule has 0 aliphatic rings. The highest BCUT2D eigenvalue weighted by Crippen LogP contribution is 2.16. The van der Waals surface area contributed by atoms with Gasteiger partial charge in [-0.1, -0.05) is 94.4 Å². The molecule has 0 aromatic rings. The first-order chi connectivity index (χ1) is 38.1. The number of carbonyl (C=O) groups excluding carboxylic acids is 12. The second-order valence-corrected chi connectivity index (χ2v) is 24.1. The van der Waals surface area contributed by atoms with Crippen LogP contribution < -0.4 is 64.2 Å². The van der Waals surface area contributed by atoms with Crippen molar-refractivity contribution in [3.8, 4) is 0 Å². The molecule has 0 bridgehead atoms. The number of methoxy groups -OCH3 is 1. The number of nitrogens with two attached hydrogens (primary N) is 1. The summed E-state index contributed by atoms with van der Waals surface area (Å²) in [6.45, 7) is 24.0. The zero-order chi connectivity index (χ0) is 63.1. The van der Waals surface area contributed by atoms with Gasteiger partial charge in [0.05, 0.1) is 26.7 Å². The van der Waals surface area contributed by atoms with Crippen LogP contribution in [0.15, 0.2) is 0 Å². The topological polar surface area (TPSA) is 372 Å². The summed E-state index contributed by atoms with van der Waals surface area (Å²) in [5.41, 5.74) is 1.15. The molecule has 11 amide bonds. The third-order valence-corrected chi connectivity index (χ3v) is 13.4. The summed E-state index contributed by atoms with van der Waals surface area (Å²) in [5.74, 6) is -8.59. The van der Waals surface area contributed by atoms with Crippen LogP contribution in [-0.4, -0.2) is 151 Å². The van der Waals surface area contributed by atoms with Crippen LogP contribution >= 0.6 is 0 Å². The Bertz CT molecular complexity index is 2130. The third kappa shape index (κ3) is 30.1. The molecule has 0 unspecified atom stereocenters. The van der Waals surface area contributed by atoms with Gasteiger partial charge in [0.1, 0.15) is 46.8 Å². The number of rotatable bonds is 40. The Morgan fingerprint density at radius 1 is 0.439 bits per heavy atom. The molecule has 0 rings (SSSR count). The molecule has 25 nitrogen and oxygen atoms in total. The van der Waals surface area contributed by atoms with Crippen molar-refractivity contribution in [3.63, 3.8) is 0 Å². The molecule has 13 N–H and O–H groups in total. The molecule has 470 valence electrons. The number of nitrogens with one attached hydrogen (secondary N) is 11. The van der Waals surface area contributed by atoms with Crippen molar-refractivity contribution in [3.05, 3.63) is 0 Å². The molecule has 25 heteroatoms. The van der Waals surface area contributed by atoms with Crippen LogP contribution in [0.2, 0.25) is 0 Å². The number of amides is 11. The maximum absolute atomic E-state index is 14.0. The maximum atomic E-state index is 14.0. The van der Waals surface area contributed by atoms with Crippen molar-refractivity contribution in [2.75, 3.05) is 33.3 Å². The standard InChI is InChI=1S/C57H104N12O13/c1-17-19-20-21-22-26-42(70)67-55(10,11)52(79)61-33-45(73)63-39(28-34(3)4)48(75)68-56(12,13)53(80)60-31-43(71)59-32-44(72)62-40(29-35(5)6)49(76)69-57(14,15)54(81)65-38(25-23-24-27-58)47(74)66-46(37(9)18-2)50(77)64-41(30-36(7)8)51(78)82-16/h34-41,46H,17-33,58H2,1-16H3,(H,59,71)(H,60,80)(H,61,79)(H,62,72)(H,63,73)(H,64,77)(H,65,81)(H,66,74)(H,67,70)(H,68,75)(H,69,76)/t37-,38-,39-,40-,41-,46-/m0/s1. The van der Waals surface area contributed by atoms with Crippen molar-refractivity contribution in [1.82, 2.24) is 58.5 Å². The molecule has 82 heavy (non-hydrogen) atoms. The molecule has 0 aliphatic carbocycles. The van der Waals surface area contributed by atoms with Crippen LogP contribution in [0.1, 0.15) is 187 Å². The average molecular weight is 1170 g/mol. The van der Waals surface area contributed by atoms with E-state index in [0.717, 1.165) is 25.7 Å². The second-order valence-electron chi connectivity index (χ2n) is 24.1. The highest BCUT2D eigenvalue weighted by Gasteiger charge is 2.38. The lowest BCUT2D eigenvalue weighted by Crippen LogP contribution is -2.63. The predicted octanol–water partition coefficient (Wildman–Crippen LogP) is 1.29. The van der Waals surface area contributed by atoms with E-state index in [-0.39, 0.29) is 55.3 Å². The Morgan fingerprint density at radius 3 is 1.35 bits per heavy atom. The van der Waals surface area contributed by atoms with Crippen LogP contribution in [-0.2, 0) is 62.3 Å². The lowest BCUT2D eigenvalue weighted by molar-refractivity contribution is -0.146. The number of ether oxygens (including phenoxy) is 1.